The van der Waals surface area contributed by atoms with Crippen molar-refractivity contribution in [2.24, 2.45) is 0 Å². The Kier molecular flexibility index (Phi) is 5.80. The van der Waals surface area contributed by atoms with Crippen LogP contribution in [-0.2, 0) is 4.79 Å². The van der Waals surface area contributed by atoms with Gasteiger partial charge in [0.15, 0.2) is 0 Å². The van der Waals surface area contributed by atoms with Gasteiger partial charge in [-0.3, -0.25) is 14.5 Å². The van der Waals surface area contributed by atoms with E-state index >= 15 is 0 Å². The number of nitrogens with one attached hydrogen (secondary N) is 1. The molecule has 6 nitrogen and oxygen atoms in total. The summed E-state index contributed by atoms with van der Waals surface area (Å²) < 4.78 is 0. The third-order valence-corrected chi connectivity index (χ3v) is 5.38. The molecule has 2 fully saturated rings. The van der Waals surface area contributed by atoms with Gasteiger partial charge in [-0.25, -0.2) is 0 Å². The molecule has 138 valence electrons. The SMILES string of the molecule is N#CC1(NC(=O)CN2CCN(C(=O)c3cccc(Cl)c3)CC2)CCCC1. The molecule has 0 unspecified atom stereocenters. The molecule has 0 spiro atoms. The molecule has 2 aliphatic rings. The van der Waals surface area contributed by atoms with E-state index in [1.807, 2.05) is 4.90 Å². The zero-order valence-corrected chi connectivity index (χ0v) is 15.5. The fraction of sp³-hybridized carbons (Fsp3) is 0.526. The number of carbonyl (C=O) groups excluding carboxylic acids is 2. The zero-order chi connectivity index (χ0) is 18.6. The Morgan fingerprint density at radius 2 is 1.88 bits per heavy atom. The molecule has 7 heteroatoms. The van der Waals surface area contributed by atoms with Crippen LogP contribution in [0.3, 0.4) is 0 Å². The number of nitriles is 1. The summed E-state index contributed by atoms with van der Waals surface area (Å²) in [5.74, 6) is -0.144. The lowest BCUT2D eigenvalue weighted by atomic mass is 10.00. The van der Waals surface area contributed by atoms with Crippen LogP contribution in [0.4, 0.5) is 0 Å². The van der Waals surface area contributed by atoms with Gasteiger partial charge in [-0.05, 0) is 43.9 Å². The first kappa shape index (κ1) is 18.7. The fourth-order valence-electron chi connectivity index (χ4n) is 3.67. The van der Waals surface area contributed by atoms with Crippen LogP contribution in [0.1, 0.15) is 36.0 Å². The molecule has 3 rings (SSSR count). The molecule has 0 atom stereocenters. The third kappa shape index (κ3) is 4.35. The molecular weight excluding hydrogens is 352 g/mol. The normalized spacial score (nSPS) is 19.8. The van der Waals surface area contributed by atoms with Crippen molar-refractivity contribution >= 4 is 23.4 Å². The van der Waals surface area contributed by atoms with Crippen molar-refractivity contribution in [2.75, 3.05) is 32.7 Å². The maximum Gasteiger partial charge on any atom is 0.253 e. The molecular formula is C19H23ClN4O2. The van der Waals surface area contributed by atoms with E-state index in [9.17, 15) is 14.9 Å². The maximum atomic E-state index is 12.5. The summed E-state index contributed by atoms with van der Waals surface area (Å²) in [6.07, 6.45) is 3.44. The van der Waals surface area contributed by atoms with E-state index in [0.29, 0.717) is 36.8 Å². The van der Waals surface area contributed by atoms with Gasteiger partial charge in [0.2, 0.25) is 5.91 Å². The van der Waals surface area contributed by atoms with Gasteiger partial charge >= 0.3 is 0 Å². The van der Waals surface area contributed by atoms with Crippen LogP contribution >= 0.6 is 11.6 Å². The molecule has 1 heterocycles. The summed E-state index contributed by atoms with van der Waals surface area (Å²) in [5, 5.41) is 12.8. The maximum absolute atomic E-state index is 12.5. The second-order valence-corrected chi connectivity index (χ2v) is 7.46. The summed E-state index contributed by atoms with van der Waals surface area (Å²) >= 11 is 5.95. The van der Waals surface area contributed by atoms with Crippen LogP contribution in [-0.4, -0.2) is 59.9 Å². The van der Waals surface area contributed by atoms with Gasteiger partial charge in [0.1, 0.15) is 5.54 Å². The highest BCUT2D eigenvalue weighted by atomic mass is 35.5. The molecule has 0 aromatic heterocycles. The number of benzene rings is 1. The van der Waals surface area contributed by atoms with Crippen molar-refractivity contribution in [2.45, 2.75) is 31.2 Å². The molecule has 0 bridgehead atoms. The molecule has 1 aromatic carbocycles. The van der Waals surface area contributed by atoms with E-state index in [-0.39, 0.29) is 18.4 Å². The smallest absolute Gasteiger partial charge is 0.253 e. The molecule has 1 saturated heterocycles. The Morgan fingerprint density at radius 3 is 2.50 bits per heavy atom. The van der Waals surface area contributed by atoms with E-state index in [1.165, 1.54) is 0 Å². The minimum Gasteiger partial charge on any atom is -0.337 e. The van der Waals surface area contributed by atoms with Crippen LogP contribution in [0.2, 0.25) is 5.02 Å². The average Bonchev–Trinajstić information content (AvgIpc) is 3.10. The number of rotatable bonds is 4. The number of hydrogen-bond acceptors (Lipinski definition) is 4. The summed E-state index contributed by atoms with van der Waals surface area (Å²) in [4.78, 5) is 28.6. The van der Waals surface area contributed by atoms with E-state index in [0.717, 1.165) is 25.7 Å². The Morgan fingerprint density at radius 1 is 1.19 bits per heavy atom. The minimum absolute atomic E-state index is 0.0361. The predicted octanol–water partition coefficient (Wildman–Crippen LogP) is 2.05. The number of halogens is 1. The quantitative estimate of drug-likeness (QED) is 0.875. The molecule has 1 aromatic rings. The first-order chi connectivity index (χ1) is 12.5. The fourth-order valence-corrected chi connectivity index (χ4v) is 3.86. The Labute approximate surface area is 158 Å². The van der Waals surface area contributed by atoms with Crippen molar-refractivity contribution < 1.29 is 9.59 Å². The number of nitrogens with zero attached hydrogens (tertiary/aromatic N) is 3. The van der Waals surface area contributed by atoms with Crippen LogP contribution < -0.4 is 5.32 Å². The van der Waals surface area contributed by atoms with Gasteiger partial charge in [-0.1, -0.05) is 17.7 Å². The number of piperazine rings is 1. The Bertz CT molecular complexity index is 716. The van der Waals surface area contributed by atoms with Crippen molar-refractivity contribution in [3.05, 3.63) is 34.9 Å². The lowest BCUT2D eigenvalue weighted by Crippen LogP contribution is -2.53. The standard InChI is InChI=1S/C19H23ClN4O2/c20-16-5-3-4-15(12-16)18(26)24-10-8-23(9-11-24)13-17(25)22-19(14-21)6-1-2-7-19/h3-5,12H,1-2,6-11,13H2,(H,22,25). The van der Waals surface area contributed by atoms with Gasteiger partial charge in [0.25, 0.3) is 5.91 Å². The lowest BCUT2D eigenvalue weighted by molar-refractivity contribution is -0.123. The van der Waals surface area contributed by atoms with Crippen molar-refractivity contribution in [1.29, 1.82) is 5.26 Å². The van der Waals surface area contributed by atoms with Gasteiger partial charge in [-0.15, -0.1) is 0 Å². The van der Waals surface area contributed by atoms with Gasteiger partial charge < -0.3 is 10.2 Å². The highest BCUT2D eigenvalue weighted by Crippen LogP contribution is 2.28. The first-order valence-electron chi connectivity index (χ1n) is 9.01. The third-order valence-electron chi connectivity index (χ3n) is 5.15. The summed E-state index contributed by atoms with van der Waals surface area (Å²) in [5.41, 5.74) is -0.0950. The Hall–Kier alpha value is -2.10. The average molecular weight is 375 g/mol. The van der Waals surface area contributed by atoms with E-state index in [2.05, 4.69) is 11.4 Å². The van der Waals surface area contributed by atoms with Crippen LogP contribution in [0.25, 0.3) is 0 Å². The van der Waals surface area contributed by atoms with Crippen molar-refractivity contribution in [3.63, 3.8) is 0 Å². The monoisotopic (exact) mass is 374 g/mol. The predicted molar refractivity (Wildman–Crippen MR) is 98.8 cm³/mol. The highest BCUT2D eigenvalue weighted by molar-refractivity contribution is 6.30. The molecule has 2 amide bonds. The highest BCUT2D eigenvalue weighted by Gasteiger charge is 2.35. The Balaban J connectivity index is 1.48. The molecule has 1 N–H and O–H groups in total. The van der Waals surface area contributed by atoms with E-state index in [1.54, 1.807) is 29.2 Å². The number of hydrogen-bond donors (Lipinski definition) is 1. The van der Waals surface area contributed by atoms with Gasteiger partial charge in [0, 0.05) is 36.8 Å². The molecule has 0 radical (unpaired) electrons. The largest absolute Gasteiger partial charge is 0.337 e. The van der Waals surface area contributed by atoms with Crippen LogP contribution in [0.15, 0.2) is 24.3 Å². The zero-order valence-electron chi connectivity index (χ0n) is 14.7. The topological polar surface area (TPSA) is 76.4 Å². The second-order valence-electron chi connectivity index (χ2n) is 7.03. The molecule has 1 aliphatic heterocycles. The number of carbonyl (C=O) groups is 2. The van der Waals surface area contributed by atoms with Gasteiger partial charge in [-0.2, -0.15) is 5.26 Å². The first-order valence-corrected chi connectivity index (χ1v) is 9.39. The summed E-state index contributed by atoms with van der Waals surface area (Å²) in [6.45, 7) is 2.69. The summed E-state index contributed by atoms with van der Waals surface area (Å²) in [6, 6.07) is 9.22. The van der Waals surface area contributed by atoms with Crippen LogP contribution in [0, 0.1) is 11.3 Å². The number of amides is 2. The second kappa shape index (κ2) is 8.07. The van der Waals surface area contributed by atoms with E-state index in [4.69, 9.17) is 11.6 Å². The molecule has 1 aliphatic carbocycles. The molecule has 1 saturated carbocycles. The molecule has 26 heavy (non-hydrogen) atoms. The minimum atomic E-state index is -0.679. The van der Waals surface area contributed by atoms with Gasteiger partial charge in [0.05, 0.1) is 12.6 Å². The van der Waals surface area contributed by atoms with Crippen molar-refractivity contribution in [1.82, 2.24) is 15.1 Å². The van der Waals surface area contributed by atoms with E-state index < -0.39 is 5.54 Å². The lowest BCUT2D eigenvalue weighted by Gasteiger charge is -2.35. The van der Waals surface area contributed by atoms with Crippen LogP contribution in [0.5, 0.6) is 0 Å². The van der Waals surface area contributed by atoms with Crippen molar-refractivity contribution in [3.8, 4) is 6.07 Å². The summed E-state index contributed by atoms with van der Waals surface area (Å²) in [7, 11) is 0.